The second-order valence-corrected chi connectivity index (χ2v) is 4.09. The smallest absolute Gasteiger partial charge is 0.148 e. The molecule has 3 nitrogen and oxygen atoms in total. The van der Waals surface area contributed by atoms with Crippen molar-refractivity contribution in [3.05, 3.63) is 47.2 Å². The van der Waals surface area contributed by atoms with Crippen molar-refractivity contribution in [2.75, 3.05) is 18.2 Å². The number of nitrogen functional groups attached to an aromatic ring is 1. The van der Waals surface area contributed by atoms with Crippen molar-refractivity contribution < 1.29 is 9.13 Å². The van der Waals surface area contributed by atoms with E-state index in [1.165, 1.54) is 13.2 Å². The molecule has 0 amide bonds. The molecule has 0 radical (unpaired) electrons. The lowest BCUT2D eigenvalue weighted by atomic mass is 10.2. The van der Waals surface area contributed by atoms with Crippen LogP contribution in [0, 0.1) is 5.82 Å². The van der Waals surface area contributed by atoms with E-state index in [1.54, 1.807) is 30.3 Å². The minimum Gasteiger partial charge on any atom is -0.495 e. The minimum atomic E-state index is -0.418. The number of rotatable bonds is 3. The van der Waals surface area contributed by atoms with Gasteiger partial charge in [-0.2, -0.15) is 0 Å². The third-order valence-electron chi connectivity index (χ3n) is 2.47. The first-order chi connectivity index (χ1) is 8.61. The van der Waals surface area contributed by atoms with Crippen LogP contribution in [-0.4, -0.2) is 7.11 Å². The SMILES string of the molecule is COc1cc(Nc2c(F)cccc2Cl)ccc1N. The average Bonchev–Trinajstić information content (AvgIpc) is 2.36. The number of ether oxygens (including phenoxy) is 1. The van der Waals surface area contributed by atoms with E-state index in [0.717, 1.165) is 0 Å². The van der Waals surface area contributed by atoms with Gasteiger partial charge in [-0.1, -0.05) is 17.7 Å². The zero-order valence-electron chi connectivity index (χ0n) is 9.71. The Balaban J connectivity index is 2.34. The van der Waals surface area contributed by atoms with E-state index in [2.05, 4.69) is 5.32 Å². The van der Waals surface area contributed by atoms with Crippen molar-refractivity contribution in [2.24, 2.45) is 0 Å². The fourth-order valence-electron chi connectivity index (χ4n) is 1.55. The van der Waals surface area contributed by atoms with Crippen LogP contribution < -0.4 is 15.8 Å². The summed E-state index contributed by atoms with van der Waals surface area (Å²) in [7, 11) is 1.52. The Morgan fingerprint density at radius 1 is 1.28 bits per heavy atom. The third-order valence-corrected chi connectivity index (χ3v) is 2.78. The van der Waals surface area contributed by atoms with Crippen LogP contribution in [0.3, 0.4) is 0 Å². The fourth-order valence-corrected chi connectivity index (χ4v) is 1.76. The van der Waals surface area contributed by atoms with Crippen molar-refractivity contribution in [3.8, 4) is 5.75 Å². The van der Waals surface area contributed by atoms with E-state index in [0.29, 0.717) is 22.1 Å². The maximum absolute atomic E-state index is 13.6. The molecule has 0 saturated carbocycles. The van der Waals surface area contributed by atoms with Gasteiger partial charge in [-0.25, -0.2) is 4.39 Å². The molecule has 0 atom stereocenters. The van der Waals surface area contributed by atoms with Gasteiger partial charge in [0.1, 0.15) is 11.6 Å². The molecule has 0 bridgehead atoms. The van der Waals surface area contributed by atoms with Gasteiger partial charge in [0.2, 0.25) is 0 Å². The van der Waals surface area contributed by atoms with E-state index in [1.807, 2.05) is 0 Å². The molecule has 0 aliphatic carbocycles. The number of hydrogen-bond donors (Lipinski definition) is 2. The molecule has 0 spiro atoms. The highest BCUT2D eigenvalue weighted by molar-refractivity contribution is 6.33. The highest BCUT2D eigenvalue weighted by atomic mass is 35.5. The maximum atomic E-state index is 13.6. The number of benzene rings is 2. The zero-order chi connectivity index (χ0) is 13.1. The summed E-state index contributed by atoms with van der Waals surface area (Å²) in [5.41, 5.74) is 7.09. The summed E-state index contributed by atoms with van der Waals surface area (Å²) < 4.78 is 18.7. The van der Waals surface area contributed by atoms with Gasteiger partial charge in [0.15, 0.2) is 0 Å². The molecule has 0 aliphatic rings. The van der Waals surface area contributed by atoms with Crippen LogP contribution in [0.5, 0.6) is 5.75 Å². The lowest BCUT2D eigenvalue weighted by molar-refractivity contribution is 0.417. The van der Waals surface area contributed by atoms with Crippen LogP contribution in [0.4, 0.5) is 21.5 Å². The Morgan fingerprint density at radius 3 is 2.72 bits per heavy atom. The van der Waals surface area contributed by atoms with Gasteiger partial charge in [0.25, 0.3) is 0 Å². The molecular weight excluding hydrogens is 255 g/mol. The highest BCUT2D eigenvalue weighted by Crippen LogP contribution is 2.31. The number of nitrogens with one attached hydrogen (secondary N) is 1. The molecule has 0 heterocycles. The predicted molar refractivity (Wildman–Crippen MR) is 72.1 cm³/mol. The number of nitrogens with two attached hydrogens (primary N) is 1. The highest BCUT2D eigenvalue weighted by Gasteiger charge is 2.08. The fraction of sp³-hybridized carbons (Fsp3) is 0.0769. The number of hydrogen-bond acceptors (Lipinski definition) is 3. The number of anilines is 3. The normalized spacial score (nSPS) is 10.2. The molecule has 2 aromatic carbocycles. The van der Waals surface area contributed by atoms with Crippen molar-refractivity contribution in [1.29, 1.82) is 0 Å². The van der Waals surface area contributed by atoms with Crippen LogP contribution in [0.1, 0.15) is 0 Å². The van der Waals surface area contributed by atoms with Gasteiger partial charge >= 0.3 is 0 Å². The summed E-state index contributed by atoms with van der Waals surface area (Å²) >= 11 is 5.93. The molecule has 2 rings (SSSR count). The first-order valence-electron chi connectivity index (χ1n) is 5.26. The molecule has 94 valence electrons. The quantitative estimate of drug-likeness (QED) is 0.831. The lowest BCUT2D eigenvalue weighted by Crippen LogP contribution is -1.97. The van der Waals surface area contributed by atoms with E-state index < -0.39 is 5.82 Å². The van der Waals surface area contributed by atoms with Crippen molar-refractivity contribution in [1.82, 2.24) is 0 Å². The summed E-state index contributed by atoms with van der Waals surface area (Å²) in [5.74, 6) is 0.103. The zero-order valence-corrected chi connectivity index (χ0v) is 10.5. The number of para-hydroxylation sites is 1. The van der Waals surface area contributed by atoms with Gasteiger partial charge in [-0.15, -0.1) is 0 Å². The van der Waals surface area contributed by atoms with Crippen LogP contribution in [0.15, 0.2) is 36.4 Å². The maximum Gasteiger partial charge on any atom is 0.148 e. The molecule has 3 N–H and O–H groups in total. The molecule has 0 aromatic heterocycles. The van der Waals surface area contributed by atoms with Crippen LogP contribution in [-0.2, 0) is 0 Å². The van der Waals surface area contributed by atoms with Gasteiger partial charge in [0.05, 0.1) is 23.5 Å². The number of halogens is 2. The molecule has 5 heteroatoms. The summed E-state index contributed by atoms with van der Waals surface area (Å²) in [6.45, 7) is 0. The molecule has 2 aromatic rings. The van der Waals surface area contributed by atoms with Crippen molar-refractivity contribution >= 4 is 28.7 Å². The first-order valence-corrected chi connectivity index (χ1v) is 5.64. The standard InChI is InChI=1S/C13H12ClFN2O/c1-18-12-7-8(5-6-11(12)16)17-13-9(14)3-2-4-10(13)15/h2-7,17H,16H2,1H3. The Kier molecular flexibility index (Phi) is 3.58. The van der Waals surface area contributed by atoms with Gasteiger partial charge in [-0.05, 0) is 24.3 Å². The van der Waals surface area contributed by atoms with Crippen molar-refractivity contribution in [3.63, 3.8) is 0 Å². The summed E-state index contributed by atoms with van der Waals surface area (Å²) in [4.78, 5) is 0. The van der Waals surface area contributed by atoms with Gasteiger partial charge in [0, 0.05) is 11.8 Å². The van der Waals surface area contributed by atoms with E-state index in [9.17, 15) is 4.39 Å². The summed E-state index contributed by atoms with van der Waals surface area (Å²) in [5, 5.41) is 3.21. The largest absolute Gasteiger partial charge is 0.495 e. The molecule has 0 aliphatic heterocycles. The van der Waals surface area contributed by atoms with E-state index in [4.69, 9.17) is 22.1 Å². The predicted octanol–water partition coefficient (Wildman–Crippen LogP) is 3.81. The first kappa shape index (κ1) is 12.5. The van der Waals surface area contributed by atoms with Crippen LogP contribution in [0.25, 0.3) is 0 Å². The molecule has 18 heavy (non-hydrogen) atoms. The molecular formula is C13H12ClFN2O. The minimum absolute atomic E-state index is 0.228. The Labute approximate surface area is 109 Å². The van der Waals surface area contributed by atoms with Crippen LogP contribution in [0.2, 0.25) is 5.02 Å². The van der Waals surface area contributed by atoms with Gasteiger partial charge in [-0.3, -0.25) is 0 Å². The second-order valence-electron chi connectivity index (χ2n) is 3.68. The lowest BCUT2D eigenvalue weighted by Gasteiger charge is -2.11. The Bertz CT molecular complexity index is 555. The van der Waals surface area contributed by atoms with E-state index in [-0.39, 0.29) is 5.69 Å². The van der Waals surface area contributed by atoms with Crippen molar-refractivity contribution in [2.45, 2.75) is 0 Å². The molecule has 0 saturated heterocycles. The van der Waals surface area contributed by atoms with Gasteiger partial charge < -0.3 is 15.8 Å². The summed E-state index contributed by atoms with van der Waals surface area (Å²) in [6.07, 6.45) is 0. The monoisotopic (exact) mass is 266 g/mol. The summed E-state index contributed by atoms with van der Waals surface area (Å²) in [6, 6.07) is 9.57. The topological polar surface area (TPSA) is 47.3 Å². The van der Waals surface area contributed by atoms with E-state index >= 15 is 0 Å². The van der Waals surface area contributed by atoms with Crippen LogP contribution >= 0.6 is 11.6 Å². The second kappa shape index (κ2) is 5.14. The third kappa shape index (κ3) is 2.49. The molecule has 0 fully saturated rings. The number of methoxy groups -OCH3 is 1. The Morgan fingerprint density at radius 2 is 2.06 bits per heavy atom. The average molecular weight is 267 g/mol. The Hall–Kier alpha value is -1.94. The molecule has 0 unspecified atom stereocenters.